The van der Waals surface area contributed by atoms with Gasteiger partial charge in [-0.3, -0.25) is 14.7 Å². The highest BCUT2D eigenvalue weighted by Crippen LogP contribution is 2.32. The minimum atomic E-state index is -0.0658. The number of carbonyl (C=O) groups is 1. The summed E-state index contributed by atoms with van der Waals surface area (Å²) in [6.45, 7) is 10.3. The average Bonchev–Trinajstić information content (AvgIpc) is 3.07. The molecule has 0 saturated carbocycles. The molecule has 0 spiro atoms. The third-order valence-electron chi connectivity index (χ3n) is 5.55. The van der Waals surface area contributed by atoms with Gasteiger partial charge in [0.05, 0.1) is 0 Å². The second-order valence-corrected chi connectivity index (χ2v) is 6.76. The molecular weight excluding hydrogens is 286 g/mol. The van der Waals surface area contributed by atoms with E-state index >= 15 is 0 Å². The molecule has 2 aliphatic rings. The molecule has 130 valence electrons. The molecule has 1 unspecified atom stereocenters. The van der Waals surface area contributed by atoms with Crippen LogP contribution >= 0.6 is 0 Å². The normalized spacial score (nSPS) is 25.2. The molecule has 0 aromatic carbocycles. The fraction of sp³-hybridized carbons (Fsp3) is 0.789. The number of amides is 1. The molecule has 0 aliphatic carbocycles. The Kier molecular flexibility index (Phi) is 6.82. The van der Waals surface area contributed by atoms with E-state index in [4.69, 9.17) is 4.99 Å². The van der Waals surface area contributed by atoms with Crippen LogP contribution < -0.4 is 0 Å². The van der Waals surface area contributed by atoms with Crippen molar-refractivity contribution in [3.05, 3.63) is 12.2 Å². The first-order chi connectivity index (χ1) is 11.1. The number of nitrogens with zero attached hydrogens (tertiary/aromatic N) is 3. The van der Waals surface area contributed by atoms with Crippen molar-refractivity contribution in [1.29, 1.82) is 0 Å². The van der Waals surface area contributed by atoms with Gasteiger partial charge in [-0.05, 0) is 64.0 Å². The molecule has 2 aliphatic heterocycles. The zero-order valence-corrected chi connectivity index (χ0v) is 15.1. The van der Waals surface area contributed by atoms with E-state index in [1.807, 2.05) is 11.1 Å². The quantitative estimate of drug-likeness (QED) is 0.686. The lowest BCUT2D eigenvalue weighted by Gasteiger charge is -2.41. The van der Waals surface area contributed by atoms with Gasteiger partial charge in [-0.1, -0.05) is 6.92 Å². The first-order valence-corrected chi connectivity index (χ1v) is 9.41. The van der Waals surface area contributed by atoms with Crippen LogP contribution in [0.5, 0.6) is 0 Å². The van der Waals surface area contributed by atoms with Crippen LogP contribution in [0.1, 0.15) is 59.3 Å². The van der Waals surface area contributed by atoms with Gasteiger partial charge in [-0.15, -0.1) is 0 Å². The van der Waals surface area contributed by atoms with E-state index in [2.05, 4.69) is 37.8 Å². The van der Waals surface area contributed by atoms with Crippen molar-refractivity contribution in [2.45, 2.75) is 65.0 Å². The van der Waals surface area contributed by atoms with Gasteiger partial charge in [-0.2, -0.15) is 0 Å². The van der Waals surface area contributed by atoms with E-state index in [1.165, 1.54) is 19.3 Å². The standard InChI is InChI=1S/C19H33N3O/c1-4-19(13-8-14-20-19)22-15-11-17(12-16-22)9-7-10-18(23)21(5-2)6-3/h8,13-14,17H,4-7,9-12,15-16H2,1-3H3. The predicted molar refractivity (Wildman–Crippen MR) is 96.7 cm³/mol. The smallest absolute Gasteiger partial charge is 0.222 e. The van der Waals surface area contributed by atoms with E-state index in [9.17, 15) is 4.79 Å². The highest BCUT2D eigenvalue weighted by atomic mass is 16.2. The summed E-state index contributed by atoms with van der Waals surface area (Å²) in [6.07, 6.45) is 12.7. The van der Waals surface area contributed by atoms with Gasteiger partial charge in [-0.25, -0.2) is 0 Å². The van der Waals surface area contributed by atoms with Crippen LogP contribution in [-0.4, -0.2) is 53.8 Å². The van der Waals surface area contributed by atoms with Crippen molar-refractivity contribution in [3.8, 4) is 0 Å². The minimum Gasteiger partial charge on any atom is -0.343 e. The summed E-state index contributed by atoms with van der Waals surface area (Å²) in [5, 5.41) is 0. The van der Waals surface area contributed by atoms with Crippen LogP contribution in [0, 0.1) is 5.92 Å². The van der Waals surface area contributed by atoms with Crippen molar-refractivity contribution in [2.75, 3.05) is 26.2 Å². The number of hydrogen-bond donors (Lipinski definition) is 0. The SMILES string of the molecule is CCN(CC)C(=O)CCCC1CCN(C2(CC)C=CC=N2)CC1. The molecular formula is C19H33N3O. The first kappa shape index (κ1) is 18.2. The zero-order chi connectivity index (χ0) is 16.7. The molecule has 0 aromatic rings. The van der Waals surface area contributed by atoms with Crippen LogP contribution in [0.15, 0.2) is 17.1 Å². The Morgan fingerprint density at radius 2 is 1.96 bits per heavy atom. The Morgan fingerprint density at radius 1 is 1.26 bits per heavy atom. The summed E-state index contributed by atoms with van der Waals surface area (Å²) in [5.74, 6) is 1.10. The van der Waals surface area contributed by atoms with Crippen molar-refractivity contribution < 1.29 is 4.79 Å². The molecule has 1 saturated heterocycles. The van der Waals surface area contributed by atoms with Gasteiger partial charge in [0.15, 0.2) is 0 Å². The van der Waals surface area contributed by atoms with Crippen LogP contribution in [0.3, 0.4) is 0 Å². The fourth-order valence-electron chi connectivity index (χ4n) is 3.92. The van der Waals surface area contributed by atoms with Crippen LogP contribution in [0.2, 0.25) is 0 Å². The highest BCUT2D eigenvalue weighted by molar-refractivity contribution is 5.76. The summed E-state index contributed by atoms with van der Waals surface area (Å²) >= 11 is 0. The van der Waals surface area contributed by atoms with Crippen molar-refractivity contribution in [2.24, 2.45) is 10.9 Å². The lowest BCUT2D eigenvalue weighted by molar-refractivity contribution is -0.131. The van der Waals surface area contributed by atoms with E-state index in [-0.39, 0.29) is 5.66 Å². The third kappa shape index (κ3) is 4.43. The lowest BCUT2D eigenvalue weighted by atomic mass is 9.89. The van der Waals surface area contributed by atoms with Crippen molar-refractivity contribution >= 4 is 12.1 Å². The maximum absolute atomic E-state index is 12.0. The molecule has 0 radical (unpaired) electrons. The second-order valence-electron chi connectivity index (χ2n) is 6.76. The summed E-state index contributed by atoms with van der Waals surface area (Å²) in [7, 11) is 0. The Hall–Kier alpha value is -1.16. The van der Waals surface area contributed by atoms with Gasteiger partial charge in [0.1, 0.15) is 5.66 Å². The summed E-state index contributed by atoms with van der Waals surface area (Å²) in [5.41, 5.74) is -0.0658. The summed E-state index contributed by atoms with van der Waals surface area (Å²) in [4.78, 5) is 21.2. The topological polar surface area (TPSA) is 35.9 Å². The lowest BCUT2D eigenvalue weighted by Crippen LogP contribution is -2.48. The number of hydrogen-bond acceptors (Lipinski definition) is 3. The molecule has 2 heterocycles. The number of aliphatic imine (C=N–C) groups is 1. The fourth-order valence-corrected chi connectivity index (χ4v) is 3.92. The Bertz CT molecular complexity index is 420. The van der Waals surface area contributed by atoms with Crippen LogP contribution in [0.25, 0.3) is 0 Å². The number of piperidine rings is 1. The molecule has 1 amide bonds. The molecule has 2 rings (SSSR count). The third-order valence-corrected chi connectivity index (χ3v) is 5.55. The molecule has 0 bridgehead atoms. The maximum atomic E-state index is 12.0. The molecule has 4 nitrogen and oxygen atoms in total. The van der Waals surface area contributed by atoms with Crippen LogP contribution in [0.4, 0.5) is 0 Å². The number of allylic oxidation sites excluding steroid dienone is 1. The maximum Gasteiger partial charge on any atom is 0.222 e. The highest BCUT2D eigenvalue weighted by Gasteiger charge is 2.35. The van der Waals surface area contributed by atoms with Gasteiger partial charge >= 0.3 is 0 Å². The first-order valence-electron chi connectivity index (χ1n) is 9.41. The molecule has 0 aromatic heterocycles. The van der Waals surface area contributed by atoms with Gasteiger partial charge in [0, 0.05) is 38.8 Å². The van der Waals surface area contributed by atoms with Gasteiger partial charge in [0.2, 0.25) is 5.91 Å². The van der Waals surface area contributed by atoms with E-state index in [0.717, 1.165) is 44.9 Å². The Balaban J connectivity index is 1.70. The number of carbonyl (C=O) groups excluding carboxylic acids is 1. The molecule has 4 heteroatoms. The molecule has 1 atom stereocenters. The summed E-state index contributed by atoms with van der Waals surface area (Å²) in [6, 6.07) is 0. The largest absolute Gasteiger partial charge is 0.343 e. The number of likely N-dealkylation sites (tertiary alicyclic amines) is 1. The van der Waals surface area contributed by atoms with Crippen LogP contribution in [-0.2, 0) is 4.79 Å². The molecule has 23 heavy (non-hydrogen) atoms. The van der Waals surface area contributed by atoms with Gasteiger partial charge < -0.3 is 4.90 Å². The van der Waals surface area contributed by atoms with Gasteiger partial charge in [0.25, 0.3) is 0 Å². The predicted octanol–water partition coefficient (Wildman–Crippen LogP) is 3.48. The molecule has 0 N–H and O–H groups in total. The number of rotatable bonds is 8. The average molecular weight is 319 g/mol. The Labute approximate surface area is 141 Å². The zero-order valence-electron chi connectivity index (χ0n) is 15.1. The monoisotopic (exact) mass is 319 g/mol. The molecule has 1 fully saturated rings. The van der Waals surface area contributed by atoms with Crippen molar-refractivity contribution in [1.82, 2.24) is 9.80 Å². The van der Waals surface area contributed by atoms with E-state index in [0.29, 0.717) is 12.3 Å². The van der Waals surface area contributed by atoms with E-state index in [1.54, 1.807) is 0 Å². The summed E-state index contributed by atoms with van der Waals surface area (Å²) < 4.78 is 0. The minimum absolute atomic E-state index is 0.0658. The van der Waals surface area contributed by atoms with Crippen molar-refractivity contribution in [3.63, 3.8) is 0 Å². The Morgan fingerprint density at radius 3 is 2.48 bits per heavy atom. The second kappa shape index (κ2) is 8.62. The van der Waals surface area contributed by atoms with E-state index < -0.39 is 0 Å².